The molecule has 4 N–H and O–H groups in total. The molecule has 0 unspecified atom stereocenters. The molecule has 1 saturated carbocycles. The molecule has 1 aliphatic carbocycles. The number of thioether (sulfide) groups is 1. The highest BCUT2D eigenvalue weighted by Gasteiger charge is 2.22. The normalized spacial score (nSPS) is 15.3. The van der Waals surface area contributed by atoms with E-state index in [-0.39, 0.29) is 17.4 Å². The molecule has 0 spiro atoms. The molecule has 8 heteroatoms. The maximum absolute atomic E-state index is 12.0. The highest BCUT2D eigenvalue weighted by Crippen LogP contribution is 2.32. The maximum Gasteiger partial charge on any atom is 0.234 e. The van der Waals surface area contributed by atoms with Crippen LogP contribution in [0.15, 0.2) is 29.4 Å². The molecule has 24 heavy (non-hydrogen) atoms. The number of hydrogen-bond donors (Lipinski definition) is 3. The first kappa shape index (κ1) is 16.6. The summed E-state index contributed by atoms with van der Waals surface area (Å²) < 4.78 is 1.51. The van der Waals surface area contributed by atoms with Crippen LogP contribution >= 0.6 is 11.8 Å². The monoisotopic (exact) mass is 347 g/mol. The minimum Gasteiger partial charge on any atom is -0.506 e. The molecule has 3 rings (SSSR count). The van der Waals surface area contributed by atoms with E-state index in [2.05, 4.69) is 15.5 Å². The number of carbonyl (C=O) groups excluding carboxylic acids is 1. The summed E-state index contributed by atoms with van der Waals surface area (Å²) in [6.07, 6.45) is 5.84. The predicted molar refractivity (Wildman–Crippen MR) is 93.5 cm³/mol. The fourth-order valence-electron chi connectivity index (χ4n) is 2.92. The number of nitrogens with one attached hydrogen (secondary N) is 1. The number of amides is 1. The molecule has 1 amide bonds. The number of carbonyl (C=O) groups is 1. The van der Waals surface area contributed by atoms with Crippen LogP contribution in [0.25, 0.3) is 0 Å². The summed E-state index contributed by atoms with van der Waals surface area (Å²) in [5.41, 5.74) is 0.389. The Hall–Kier alpha value is -2.22. The number of aromatic hydroxyl groups is 1. The summed E-state index contributed by atoms with van der Waals surface area (Å²) in [6, 6.07) is 6.61. The van der Waals surface area contributed by atoms with Gasteiger partial charge < -0.3 is 16.3 Å². The standard InChI is InChI=1S/C16H21N5O2S/c17-21-15(11-6-2-1-3-7-11)19-20-16(21)24-10-14(23)18-12-8-4-5-9-13(12)22/h4-5,8-9,11,22H,1-3,6-7,10,17H2,(H,18,23). The van der Waals surface area contributed by atoms with Crippen molar-refractivity contribution in [3.8, 4) is 5.75 Å². The first-order valence-corrected chi connectivity index (χ1v) is 9.04. The Morgan fingerprint density at radius 3 is 2.79 bits per heavy atom. The van der Waals surface area contributed by atoms with Crippen LogP contribution in [0.5, 0.6) is 5.75 Å². The second-order valence-corrected chi connectivity index (χ2v) is 6.84. The number of nitrogens with zero attached hydrogens (tertiary/aromatic N) is 3. The van der Waals surface area contributed by atoms with Crippen LogP contribution in [0.2, 0.25) is 0 Å². The summed E-state index contributed by atoms with van der Waals surface area (Å²) in [6.45, 7) is 0. The van der Waals surface area contributed by atoms with Gasteiger partial charge in [0.1, 0.15) is 5.75 Å². The molecule has 0 bridgehead atoms. The summed E-state index contributed by atoms with van der Waals surface area (Å²) >= 11 is 1.24. The number of phenolic OH excluding ortho intramolecular Hbond substituents is 1. The minimum absolute atomic E-state index is 0.0393. The van der Waals surface area contributed by atoms with Gasteiger partial charge in [-0.2, -0.15) is 0 Å². The number of benzene rings is 1. The third kappa shape index (κ3) is 3.81. The van der Waals surface area contributed by atoms with Gasteiger partial charge in [0.05, 0.1) is 11.4 Å². The van der Waals surface area contributed by atoms with Gasteiger partial charge in [0.15, 0.2) is 5.82 Å². The Balaban J connectivity index is 1.57. The molecule has 1 aromatic heterocycles. The van der Waals surface area contributed by atoms with E-state index in [1.54, 1.807) is 18.2 Å². The fourth-order valence-corrected chi connectivity index (χ4v) is 3.59. The average molecular weight is 347 g/mol. The molecule has 1 fully saturated rings. The molecule has 1 heterocycles. The predicted octanol–water partition coefficient (Wildman–Crippen LogP) is 2.48. The summed E-state index contributed by atoms with van der Waals surface area (Å²) in [7, 11) is 0. The number of rotatable bonds is 5. The minimum atomic E-state index is -0.233. The number of anilines is 1. The molecule has 0 atom stereocenters. The third-order valence-electron chi connectivity index (χ3n) is 4.17. The summed E-state index contributed by atoms with van der Waals surface area (Å²) in [5.74, 6) is 7.22. The van der Waals surface area contributed by atoms with E-state index in [1.807, 2.05) is 0 Å². The summed E-state index contributed by atoms with van der Waals surface area (Å²) in [5, 5.41) is 21.2. The Morgan fingerprint density at radius 2 is 2.04 bits per heavy atom. The smallest absolute Gasteiger partial charge is 0.234 e. The van der Waals surface area contributed by atoms with E-state index >= 15 is 0 Å². The quantitative estimate of drug-likeness (QED) is 0.436. The highest BCUT2D eigenvalue weighted by molar-refractivity contribution is 7.99. The second-order valence-electron chi connectivity index (χ2n) is 5.90. The molecular weight excluding hydrogens is 326 g/mol. The van der Waals surface area contributed by atoms with E-state index in [0.29, 0.717) is 16.8 Å². The van der Waals surface area contributed by atoms with Crippen molar-refractivity contribution in [1.29, 1.82) is 0 Å². The van der Waals surface area contributed by atoms with Crippen LogP contribution in [0.1, 0.15) is 43.8 Å². The lowest BCUT2D eigenvalue weighted by Gasteiger charge is -2.20. The van der Waals surface area contributed by atoms with Gasteiger partial charge in [-0.1, -0.05) is 43.2 Å². The highest BCUT2D eigenvalue weighted by atomic mass is 32.2. The zero-order valence-electron chi connectivity index (χ0n) is 13.3. The molecule has 0 saturated heterocycles. The number of nitrogens with two attached hydrogens (primary N) is 1. The van der Waals surface area contributed by atoms with E-state index < -0.39 is 0 Å². The molecule has 2 aromatic rings. The number of nitrogen functional groups attached to an aromatic ring is 1. The van der Waals surface area contributed by atoms with E-state index in [0.717, 1.165) is 18.7 Å². The number of phenols is 1. The van der Waals surface area contributed by atoms with Crippen LogP contribution < -0.4 is 11.2 Å². The molecule has 128 valence electrons. The first-order valence-electron chi connectivity index (χ1n) is 8.06. The molecular formula is C16H21N5O2S. The number of para-hydroxylation sites is 2. The third-order valence-corrected chi connectivity index (χ3v) is 5.11. The van der Waals surface area contributed by atoms with Crippen molar-refractivity contribution < 1.29 is 9.90 Å². The van der Waals surface area contributed by atoms with Crippen molar-refractivity contribution in [3.63, 3.8) is 0 Å². The van der Waals surface area contributed by atoms with E-state index in [1.165, 1.54) is 41.8 Å². The lowest BCUT2D eigenvalue weighted by Crippen LogP contribution is -2.19. The Labute approximate surface area is 144 Å². The molecule has 1 aliphatic rings. The molecule has 7 nitrogen and oxygen atoms in total. The molecule has 0 aliphatic heterocycles. The lowest BCUT2D eigenvalue weighted by molar-refractivity contribution is -0.113. The van der Waals surface area contributed by atoms with Gasteiger partial charge in [-0.25, -0.2) is 4.68 Å². The first-order chi connectivity index (χ1) is 11.6. The fraction of sp³-hybridized carbons (Fsp3) is 0.438. The zero-order chi connectivity index (χ0) is 16.9. The number of aromatic nitrogens is 3. The summed E-state index contributed by atoms with van der Waals surface area (Å²) in [4.78, 5) is 12.0. The zero-order valence-corrected chi connectivity index (χ0v) is 14.1. The maximum atomic E-state index is 12.0. The van der Waals surface area contributed by atoms with Crippen molar-refractivity contribution in [1.82, 2.24) is 14.9 Å². The molecule has 0 radical (unpaired) electrons. The largest absolute Gasteiger partial charge is 0.506 e. The van der Waals surface area contributed by atoms with Gasteiger partial charge in [0.2, 0.25) is 11.1 Å². The van der Waals surface area contributed by atoms with Crippen molar-refractivity contribution in [3.05, 3.63) is 30.1 Å². The SMILES string of the molecule is Nn1c(SCC(=O)Nc2ccccc2O)nnc1C1CCCCC1. The van der Waals surface area contributed by atoms with Crippen LogP contribution in [-0.2, 0) is 4.79 Å². The Bertz CT molecular complexity index is 712. The van der Waals surface area contributed by atoms with Gasteiger partial charge in [-0.3, -0.25) is 4.79 Å². The van der Waals surface area contributed by atoms with Crippen molar-refractivity contribution in [2.24, 2.45) is 0 Å². The van der Waals surface area contributed by atoms with Gasteiger partial charge in [0.25, 0.3) is 0 Å². The second kappa shape index (κ2) is 7.57. The number of hydrogen-bond acceptors (Lipinski definition) is 6. The van der Waals surface area contributed by atoms with Gasteiger partial charge in [-0.15, -0.1) is 10.2 Å². The van der Waals surface area contributed by atoms with Crippen LogP contribution in [-0.4, -0.2) is 31.6 Å². The van der Waals surface area contributed by atoms with Gasteiger partial charge in [0, 0.05) is 5.92 Å². The van der Waals surface area contributed by atoms with Crippen LogP contribution in [0, 0.1) is 0 Å². The topological polar surface area (TPSA) is 106 Å². The van der Waals surface area contributed by atoms with Crippen molar-refractivity contribution >= 4 is 23.4 Å². The van der Waals surface area contributed by atoms with Crippen molar-refractivity contribution in [2.45, 2.75) is 43.2 Å². The Kier molecular flexibility index (Phi) is 5.24. The van der Waals surface area contributed by atoms with Crippen LogP contribution in [0.3, 0.4) is 0 Å². The lowest BCUT2D eigenvalue weighted by atomic mass is 9.89. The van der Waals surface area contributed by atoms with E-state index in [4.69, 9.17) is 5.84 Å². The molecule has 1 aromatic carbocycles. The van der Waals surface area contributed by atoms with Crippen molar-refractivity contribution in [2.75, 3.05) is 16.9 Å². The van der Waals surface area contributed by atoms with E-state index in [9.17, 15) is 9.90 Å². The van der Waals surface area contributed by atoms with Crippen LogP contribution in [0.4, 0.5) is 5.69 Å². The van der Waals surface area contributed by atoms with Gasteiger partial charge in [-0.05, 0) is 25.0 Å². The average Bonchev–Trinajstić information content (AvgIpc) is 2.97. The Morgan fingerprint density at radius 1 is 1.29 bits per heavy atom. The van der Waals surface area contributed by atoms with Gasteiger partial charge >= 0.3 is 0 Å².